The molecule has 0 atom stereocenters. The molecule has 0 bridgehead atoms. The van der Waals surface area contributed by atoms with Crippen LogP contribution in [0.1, 0.15) is 56.8 Å². The van der Waals surface area contributed by atoms with Crippen LogP contribution in [0.4, 0.5) is 0 Å². The molecule has 0 radical (unpaired) electrons. The Bertz CT molecular complexity index is 3690. The molecule has 0 N–H and O–H groups in total. The van der Waals surface area contributed by atoms with Crippen molar-refractivity contribution in [3.8, 4) is 39.8 Å². The van der Waals surface area contributed by atoms with Crippen molar-refractivity contribution < 1.29 is 13.4 Å². The average Bonchev–Trinajstić information content (AvgIpc) is 3.97. The summed E-state index contributed by atoms with van der Waals surface area (Å²) in [5.41, 5.74) is 10.9. The number of aryl methyl sites for hydroxylation is 1. The van der Waals surface area contributed by atoms with E-state index in [1.54, 1.807) is 0 Å². The fraction of sp³-hybridized carbons (Fsp3) is 0.158. The highest BCUT2D eigenvalue weighted by Crippen LogP contribution is 2.45. The second kappa shape index (κ2) is 14.3. The van der Waals surface area contributed by atoms with E-state index in [4.69, 9.17) is 13.8 Å². The summed E-state index contributed by atoms with van der Waals surface area (Å²) in [6.07, 6.45) is 5.19. The molecule has 0 amide bonds. The Morgan fingerprint density at radius 1 is 0.556 bits per heavy atom. The van der Waals surface area contributed by atoms with Crippen molar-refractivity contribution in [3.05, 3.63) is 187 Å². The zero-order chi connectivity index (χ0) is 45.7. The molecular weight excluding hydrogens is 771 g/mol. The molecule has 0 unspecified atom stereocenters. The summed E-state index contributed by atoms with van der Waals surface area (Å²) >= 11 is 0. The van der Waals surface area contributed by atoms with Crippen LogP contribution in [0.3, 0.4) is 0 Å². The van der Waals surface area contributed by atoms with Crippen LogP contribution in [0.5, 0.6) is 11.5 Å². The van der Waals surface area contributed by atoms with Gasteiger partial charge in [-0.05, 0) is 88.2 Å². The van der Waals surface area contributed by atoms with Gasteiger partial charge in [-0.1, -0.05) is 139 Å². The number of fused-ring (bicyclic) bond motifs is 7. The van der Waals surface area contributed by atoms with E-state index in [1.807, 2.05) is 59.3 Å². The van der Waals surface area contributed by atoms with E-state index in [2.05, 4.69) is 172 Å². The van der Waals surface area contributed by atoms with E-state index in [-0.39, 0.29) is 10.8 Å². The van der Waals surface area contributed by atoms with Crippen molar-refractivity contribution >= 4 is 54.6 Å². The minimum absolute atomic E-state index is 0.0460. The number of para-hydroxylation sites is 4. The summed E-state index contributed by atoms with van der Waals surface area (Å²) in [7, 11) is 0. The quantitative estimate of drug-likeness (QED) is 0.124. The van der Waals surface area contributed by atoms with Crippen molar-refractivity contribution in [2.24, 2.45) is 6.98 Å². The van der Waals surface area contributed by atoms with Crippen LogP contribution in [-0.4, -0.2) is 18.7 Å². The van der Waals surface area contributed by atoms with Crippen molar-refractivity contribution in [2.75, 3.05) is 0 Å². The van der Waals surface area contributed by atoms with Gasteiger partial charge in [0.1, 0.15) is 17.3 Å². The maximum Gasteiger partial charge on any atom is 0.244 e. The number of hydrogen-bond acceptors (Lipinski definition) is 2. The average molecular weight is 823 g/mol. The fourth-order valence-corrected chi connectivity index (χ4v) is 9.44. The minimum atomic E-state index is -2.55. The Labute approximate surface area is 372 Å². The molecule has 11 rings (SSSR count). The van der Waals surface area contributed by atoms with E-state index in [0.29, 0.717) is 28.2 Å². The Balaban J connectivity index is 1.08. The third-order valence-electron chi connectivity index (χ3n) is 12.4. The standard InChI is InChI=1S/C57H49N5O/c1-56(2,3)37-31-32-58-52(33-37)62-49-25-14-11-21-42(49)44-28-27-41(35-51(44)62)63-40-20-15-19-39(34-40)60-36-59(7)54-46(23-16-26-50(54)60)53-47(57(4,5)6)30-29-45-43-22-12-13-24-48(43)61(55(45)53)38-17-9-8-10-18-38/h8-35H,1-7H3/i7D3. The molecule has 0 saturated carbocycles. The molecule has 11 aromatic rings. The van der Waals surface area contributed by atoms with E-state index < -0.39 is 6.98 Å². The summed E-state index contributed by atoms with van der Waals surface area (Å²) in [5, 5.41) is 4.45. The molecule has 4 aromatic heterocycles. The lowest BCUT2D eigenvalue weighted by molar-refractivity contribution is -0.649. The highest BCUT2D eigenvalue weighted by Gasteiger charge is 2.27. The van der Waals surface area contributed by atoms with Crippen LogP contribution in [0, 0.1) is 6.33 Å². The number of rotatable bonds is 6. The van der Waals surface area contributed by atoms with Gasteiger partial charge in [0.15, 0.2) is 0 Å². The van der Waals surface area contributed by atoms with Crippen molar-refractivity contribution in [1.82, 2.24) is 18.7 Å². The molecule has 6 heteroatoms. The van der Waals surface area contributed by atoms with Gasteiger partial charge in [-0.3, -0.25) is 4.57 Å². The summed E-state index contributed by atoms with van der Waals surface area (Å²) in [6, 6.07) is 56.0. The molecule has 4 heterocycles. The number of ether oxygens (including phenoxy) is 1. The van der Waals surface area contributed by atoms with E-state index >= 15 is 0 Å². The minimum Gasteiger partial charge on any atom is -0.458 e. The highest BCUT2D eigenvalue weighted by molar-refractivity contribution is 6.16. The third-order valence-corrected chi connectivity index (χ3v) is 12.4. The lowest BCUT2D eigenvalue weighted by Crippen LogP contribution is -2.27. The van der Waals surface area contributed by atoms with Gasteiger partial charge in [0.2, 0.25) is 6.33 Å². The lowest BCUT2D eigenvalue weighted by atomic mass is 9.80. The zero-order valence-electron chi connectivity index (χ0n) is 39.3. The van der Waals surface area contributed by atoms with E-state index in [1.165, 1.54) is 10.1 Å². The molecule has 0 spiro atoms. The first-order valence-corrected chi connectivity index (χ1v) is 21.6. The van der Waals surface area contributed by atoms with Crippen molar-refractivity contribution in [1.29, 1.82) is 0 Å². The number of imidazole rings is 1. The summed E-state index contributed by atoms with van der Waals surface area (Å²) < 4.78 is 41.2. The molecule has 7 aromatic carbocycles. The largest absolute Gasteiger partial charge is 0.458 e. The fourth-order valence-electron chi connectivity index (χ4n) is 9.44. The van der Waals surface area contributed by atoms with Crippen LogP contribution in [0.15, 0.2) is 170 Å². The van der Waals surface area contributed by atoms with Crippen LogP contribution in [0.2, 0.25) is 0 Å². The first-order valence-electron chi connectivity index (χ1n) is 23.1. The summed E-state index contributed by atoms with van der Waals surface area (Å²) in [4.78, 5) is 4.86. The lowest BCUT2D eigenvalue weighted by Gasteiger charge is -2.26. The number of benzene rings is 7. The van der Waals surface area contributed by atoms with Gasteiger partial charge in [0.05, 0.1) is 49.9 Å². The molecule has 0 aliphatic heterocycles. The van der Waals surface area contributed by atoms with Crippen LogP contribution in [0.25, 0.3) is 83.0 Å². The Morgan fingerprint density at radius 2 is 1.21 bits per heavy atom. The van der Waals surface area contributed by atoms with Gasteiger partial charge in [-0.25, -0.2) is 4.98 Å². The summed E-state index contributed by atoms with van der Waals surface area (Å²) in [6.45, 7) is 10.7. The van der Waals surface area contributed by atoms with Gasteiger partial charge < -0.3 is 18.4 Å². The number of pyridine rings is 1. The topological polar surface area (TPSA) is 40.8 Å². The normalized spacial score (nSPS) is 13.3. The van der Waals surface area contributed by atoms with Crippen LogP contribution >= 0.6 is 0 Å². The van der Waals surface area contributed by atoms with Gasteiger partial charge >= 0.3 is 0 Å². The Hall–Kier alpha value is -7.44. The van der Waals surface area contributed by atoms with Crippen molar-refractivity contribution in [2.45, 2.75) is 52.4 Å². The Morgan fingerprint density at radius 3 is 1.97 bits per heavy atom. The molecule has 308 valence electrons. The molecule has 0 fully saturated rings. The second-order valence-corrected chi connectivity index (χ2v) is 18.6. The number of hydrogen-bond donors (Lipinski definition) is 0. The first kappa shape index (κ1) is 35.2. The van der Waals surface area contributed by atoms with E-state index in [9.17, 15) is 0 Å². The SMILES string of the molecule is [2H]C([2H])([2H])[n+]1[c-]n(-c2cccc(Oc3ccc4c5ccccc5n(-c5cc(C(C)(C)C)ccn5)c4c3)c2)c2cccc(-c3c(C(C)(C)C)ccc4c5ccccc5n(-c5ccccc5)c34)c21. The van der Waals surface area contributed by atoms with Gasteiger partial charge in [0, 0.05) is 45.1 Å². The molecule has 0 aliphatic carbocycles. The number of aromatic nitrogens is 5. The molecular formula is C57H49N5O. The smallest absolute Gasteiger partial charge is 0.244 e. The van der Waals surface area contributed by atoms with Gasteiger partial charge in [-0.15, -0.1) is 0 Å². The molecule has 0 aliphatic rings. The van der Waals surface area contributed by atoms with Gasteiger partial charge in [0.25, 0.3) is 0 Å². The highest BCUT2D eigenvalue weighted by atomic mass is 16.5. The maximum atomic E-state index is 8.93. The molecule has 6 nitrogen and oxygen atoms in total. The monoisotopic (exact) mass is 822 g/mol. The number of nitrogens with zero attached hydrogens (tertiary/aromatic N) is 5. The molecule has 63 heavy (non-hydrogen) atoms. The molecule has 0 saturated heterocycles. The predicted molar refractivity (Wildman–Crippen MR) is 259 cm³/mol. The second-order valence-electron chi connectivity index (χ2n) is 18.6. The summed E-state index contributed by atoms with van der Waals surface area (Å²) in [5.74, 6) is 2.10. The van der Waals surface area contributed by atoms with Crippen molar-refractivity contribution in [3.63, 3.8) is 0 Å². The third kappa shape index (κ3) is 6.31. The first-order chi connectivity index (χ1) is 31.6. The van der Waals surface area contributed by atoms with Crippen LogP contribution in [-0.2, 0) is 17.8 Å². The van der Waals surface area contributed by atoms with E-state index in [0.717, 1.165) is 71.8 Å². The van der Waals surface area contributed by atoms with Crippen LogP contribution < -0.4 is 9.30 Å². The Kier molecular flexibility index (Phi) is 8.00. The maximum absolute atomic E-state index is 8.93. The zero-order valence-corrected chi connectivity index (χ0v) is 36.3. The predicted octanol–water partition coefficient (Wildman–Crippen LogP) is 13.9. The van der Waals surface area contributed by atoms with Gasteiger partial charge in [-0.2, -0.15) is 0 Å².